The number of benzene rings is 3. The van der Waals surface area contributed by atoms with Crippen LogP contribution in [0.4, 0.5) is 0 Å². The van der Waals surface area contributed by atoms with Gasteiger partial charge in [-0.3, -0.25) is 9.59 Å². The number of nitrogens with zero attached hydrogens (tertiary/aromatic N) is 1. The first kappa shape index (κ1) is 25.2. The van der Waals surface area contributed by atoms with E-state index in [-0.39, 0.29) is 11.8 Å². The van der Waals surface area contributed by atoms with Gasteiger partial charge < -0.3 is 10.2 Å². The van der Waals surface area contributed by atoms with Gasteiger partial charge in [-0.05, 0) is 47.1 Å². The van der Waals surface area contributed by atoms with Gasteiger partial charge in [0.1, 0.15) is 6.04 Å². The monoisotopic (exact) mass is 456 g/mol. The normalized spacial score (nSPS) is 11.8. The molecule has 0 heterocycles. The fraction of sp³-hybridized carbons (Fsp3) is 0.333. The number of amides is 2. The van der Waals surface area contributed by atoms with Gasteiger partial charge in [0.2, 0.25) is 11.8 Å². The van der Waals surface area contributed by atoms with Crippen LogP contribution in [-0.4, -0.2) is 29.8 Å². The van der Waals surface area contributed by atoms with Crippen molar-refractivity contribution in [3.8, 4) is 0 Å². The molecule has 0 aliphatic carbocycles. The van der Waals surface area contributed by atoms with Crippen molar-refractivity contribution in [1.29, 1.82) is 0 Å². The zero-order valence-electron chi connectivity index (χ0n) is 20.8. The molecule has 4 nitrogen and oxygen atoms in total. The molecule has 0 aliphatic heterocycles. The third-order valence-electron chi connectivity index (χ3n) is 6.39. The zero-order valence-corrected chi connectivity index (χ0v) is 20.8. The van der Waals surface area contributed by atoms with E-state index in [1.54, 1.807) is 11.9 Å². The lowest BCUT2D eigenvalue weighted by Gasteiger charge is -2.31. The van der Waals surface area contributed by atoms with Crippen LogP contribution in [-0.2, 0) is 29.0 Å². The Morgan fingerprint density at radius 2 is 1.50 bits per heavy atom. The molecular weight excluding hydrogens is 420 g/mol. The Balaban J connectivity index is 1.85. The number of likely N-dealkylation sites (N-methyl/N-ethyl adjacent to an activating group) is 1. The fourth-order valence-corrected chi connectivity index (χ4v) is 4.16. The number of carbonyl (C=O) groups is 2. The number of nitrogens with one attached hydrogen (secondary N) is 1. The number of hydrogen-bond acceptors (Lipinski definition) is 2. The first-order chi connectivity index (χ1) is 16.4. The Morgan fingerprint density at radius 3 is 2.12 bits per heavy atom. The van der Waals surface area contributed by atoms with E-state index in [9.17, 15) is 9.59 Å². The standard InChI is InChI=1S/C30H36N2O2/c1-22(2)26-17-14-24(15-18-26)16-19-29(33)32(21-27-13-9-8-10-23(27)3)28(30(34)31-4)20-25-11-6-5-7-12-25/h5-15,17-18,22,28H,16,19-21H2,1-4H3,(H,31,34)/t28-/m0/s1. The summed E-state index contributed by atoms with van der Waals surface area (Å²) in [6, 6.07) is 25.8. The minimum atomic E-state index is -0.581. The SMILES string of the molecule is CNC(=O)[C@H](Cc1ccccc1)N(Cc1ccccc1C)C(=O)CCc1ccc(C(C)C)cc1. The summed E-state index contributed by atoms with van der Waals surface area (Å²) in [5.41, 5.74) is 5.62. The van der Waals surface area contributed by atoms with Crippen LogP contribution < -0.4 is 5.32 Å². The lowest BCUT2D eigenvalue weighted by atomic mass is 9.99. The molecule has 3 aromatic rings. The van der Waals surface area contributed by atoms with Crippen molar-refractivity contribution < 1.29 is 9.59 Å². The maximum Gasteiger partial charge on any atom is 0.242 e. The predicted molar refractivity (Wildman–Crippen MR) is 139 cm³/mol. The number of rotatable bonds is 10. The molecule has 34 heavy (non-hydrogen) atoms. The van der Waals surface area contributed by atoms with Gasteiger partial charge in [-0.15, -0.1) is 0 Å². The second-order valence-corrected chi connectivity index (χ2v) is 9.16. The van der Waals surface area contributed by atoms with Crippen LogP contribution in [0.15, 0.2) is 78.9 Å². The summed E-state index contributed by atoms with van der Waals surface area (Å²) in [6.45, 7) is 6.80. The highest BCUT2D eigenvalue weighted by Gasteiger charge is 2.29. The number of hydrogen-bond donors (Lipinski definition) is 1. The van der Waals surface area contributed by atoms with Crippen molar-refractivity contribution in [2.45, 2.75) is 58.5 Å². The highest BCUT2D eigenvalue weighted by molar-refractivity contribution is 5.88. The Labute approximate surface area is 204 Å². The van der Waals surface area contributed by atoms with Gasteiger partial charge in [0.25, 0.3) is 0 Å². The minimum Gasteiger partial charge on any atom is -0.357 e. The third-order valence-corrected chi connectivity index (χ3v) is 6.39. The molecule has 2 amide bonds. The molecule has 4 heteroatoms. The van der Waals surface area contributed by atoms with Crippen LogP contribution in [0.2, 0.25) is 0 Å². The summed E-state index contributed by atoms with van der Waals surface area (Å²) < 4.78 is 0. The summed E-state index contributed by atoms with van der Waals surface area (Å²) in [5.74, 6) is 0.319. The van der Waals surface area contributed by atoms with E-state index >= 15 is 0 Å². The van der Waals surface area contributed by atoms with Gasteiger partial charge in [0.05, 0.1) is 0 Å². The average molecular weight is 457 g/mol. The lowest BCUT2D eigenvalue weighted by molar-refractivity contribution is -0.141. The first-order valence-electron chi connectivity index (χ1n) is 12.1. The molecule has 0 bridgehead atoms. The zero-order chi connectivity index (χ0) is 24.5. The van der Waals surface area contributed by atoms with Gasteiger partial charge in [-0.25, -0.2) is 0 Å². The molecular formula is C30H36N2O2. The van der Waals surface area contributed by atoms with Gasteiger partial charge in [-0.1, -0.05) is 92.7 Å². The smallest absolute Gasteiger partial charge is 0.242 e. The third kappa shape index (κ3) is 6.80. The molecule has 178 valence electrons. The molecule has 0 fully saturated rings. The summed E-state index contributed by atoms with van der Waals surface area (Å²) >= 11 is 0. The van der Waals surface area contributed by atoms with Gasteiger partial charge in [0.15, 0.2) is 0 Å². The van der Waals surface area contributed by atoms with E-state index in [1.165, 1.54) is 5.56 Å². The Bertz CT molecular complexity index is 1070. The Kier molecular flexibility index (Phi) is 9.03. The summed E-state index contributed by atoms with van der Waals surface area (Å²) in [7, 11) is 1.63. The molecule has 0 saturated heterocycles. The van der Waals surface area contributed by atoms with Crippen molar-refractivity contribution >= 4 is 11.8 Å². The largest absolute Gasteiger partial charge is 0.357 e. The van der Waals surface area contributed by atoms with E-state index < -0.39 is 6.04 Å². The van der Waals surface area contributed by atoms with Crippen molar-refractivity contribution in [2.24, 2.45) is 0 Å². The lowest BCUT2D eigenvalue weighted by Crippen LogP contribution is -2.49. The minimum absolute atomic E-state index is 0.0132. The summed E-state index contributed by atoms with van der Waals surface area (Å²) in [4.78, 5) is 28.4. The van der Waals surface area contributed by atoms with Crippen molar-refractivity contribution in [3.05, 3.63) is 107 Å². The second-order valence-electron chi connectivity index (χ2n) is 9.16. The highest BCUT2D eigenvalue weighted by Crippen LogP contribution is 2.20. The van der Waals surface area contributed by atoms with Crippen LogP contribution in [0.3, 0.4) is 0 Å². The first-order valence-corrected chi connectivity index (χ1v) is 12.1. The molecule has 0 unspecified atom stereocenters. The van der Waals surface area contributed by atoms with Crippen LogP contribution >= 0.6 is 0 Å². The van der Waals surface area contributed by atoms with E-state index in [0.29, 0.717) is 31.7 Å². The number of carbonyl (C=O) groups excluding carboxylic acids is 2. The molecule has 0 aromatic heterocycles. The molecule has 0 aliphatic rings. The fourth-order valence-electron chi connectivity index (χ4n) is 4.16. The van der Waals surface area contributed by atoms with Crippen LogP contribution in [0.1, 0.15) is 54.0 Å². The highest BCUT2D eigenvalue weighted by atomic mass is 16.2. The summed E-state index contributed by atoms with van der Waals surface area (Å²) in [5, 5.41) is 2.78. The summed E-state index contributed by atoms with van der Waals surface area (Å²) in [6.07, 6.45) is 1.48. The Hall–Kier alpha value is -3.40. The van der Waals surface area contributed by atoms with Crippen molar-refractivity contribution in [2.75, 3.05) is 7.05 Å². The topological polar surface area (TPSA) is 49.4 Å². The number of aryl methyl sites for hydroxylation is 2. The molecule has 3 aromatic carbocycles. The van der Waals surface area contributed by atoms with Crippen molar-refractivity contribution in [1.82, 2.24) is 10.2 Å². The maximum atomic E-state index is 13.6. The second kappa shape index (κ2) is 12.2. The van der Waals surface area contributed by atoms with Gasteiger partial charge in [0, 0.05) is 26.4 Å². The van der Waals surface area contributed by atoms with Crippen LogP contribution in [0, 0.1) is 6.92 Å². The van der Waals surface area contributed by atoms with Crippen LogP contribution in [0.5, 0.6) is 0 Å². The van der Waals surface area contributed by atoms with E-state index in [1.807, 2.05) is 61.5 Å². The quantitative estimate of drug-likeness (QED) is 0.442. The Morgan fingerprint density at radius 1 is 0.853 bits per heavy atom. The van der Waals surface area contributed by atoms with Crippen LogP contribution in [0.25, 0.3) is 0 Å². The molecule has 0 radical (unpaired) electrons. The van der Waals surface area contributed by atoms with E-state index in [0.717, 1.165) is 22.3 Å². The predicted octanol–water partition coefficient (Wildman–Crippen LogP) is 5.44. The molecule has 0 saturated carbocycles. The molecule has 1 atom stereocenters. The molecule has 0 spiro atoms. The van der Waals surface area contributed by atoms with Gasteiger partial charge >= 0.3 is 0 Å². The average Bonchev–Trinajstić information content (AvgIpc) is 2.86. The van der Waals surface area contributed by atoms with Gasteiger partial charge in [-0.2, -0.15) is 0 Å². The molecule has 1 N–H and O–H groups in total. The van der Waals surface area contributed by atoms with Crippen molar-refractivity contribution in [3.63, 3.8) is 0 Å². The molecule has 3 rings (SSSR count). The van der Waals surface area contributed by atoms with E-state index in [2.05, 4.69) is 43.4 Å². The maximum absolute atomic E-state index is 13.6. The van der Waals surface area contributed by atoms with E-state index in [4.69, 9.17) is 0 Å².